The molecule has 66 valence electrons. The molecule has 0 radical (unpaired) electrons. The Labute approximate surface area is 67.4 Å². The third kappa shape index (κ3) is 5.85. The van der Waals surface area contributed by atoms with E-state index < -0.39 is 6.10 Å². The summed E-state index contributed by atoms with van der Waals surface area (Å²) in [5, 5.41) is 9.03. The summed E-state index contributed by atoms with van der Waals surface area (Å²) in [4.78, 5) is 10.8. The van der Waals surface area contributed by atoms with Crippen molar-refractivity contribution in [3.63, 3.8) is 0 Å². The zero-order chi connectivity index (χ0) is 8.69. The number of aliphatic hydroxyl groups excluding tert-OH is 1. The predicted octanol–water partition coefficient (Wildman–Crippen LogP) is 1.10. The van der Waals surface area contributed by atoms with Crippen molar-refractivity contribution in [1.82, 2.24) is 0 Å². The van der Waals surface area contributed by atoms with E-state index in [4.69, 9.17) is 9.84 Å². The molecule has 0 amide bonds. The molecule has 0 aliphatic rings. The van der Waals surface area contributed by atoms with Gasteiger partial charge in [-0.1, -0.05) is 13.8 Å². The van der Waals surface area contributed by atoms with Gasteiger partial charge in [-0.05, 0) is 12.8 Å². The Morgan fingerprint density at radius 1 is 1.55 bits per heavy atom. The van der Waals surface area contributed by atoms with Crippen LogP contribution in [0.4, 0.5) is 0 Å². The number of esters is 1. The van der Waals surface area contributed by atoms with Gasteiger partial charge >= 0.3 is 5.97 Å². The van der Waals surface area contributed by atoms with Crippen LogP contribution in [0.5, 0.6) is 0 Å². The van der Waals surface area contributed by atoms with E-state index >= 15 is 0 Å². The lowest BCUT2D eigenvalue weighted by molar-refractivity contribution is -0.145. The predicted molar refractivity (Wildman–Crippen MR) is 42.2 cm³/mol. The largest absolute Gasteiger partial charge is 0.466 e. The molecule has 1 unspecified atom stereocenters. The first-order valence-corrected chi connectivity index (χ1v) is 4.04. The Balaban J connectivity index is 3.36. The fourth-order valence-corrected chi connectivity index (χ4v) is 0.612. The Morgan fingerprint density at radius 3 is 2.64 bits per heavy atom. The number of hydrogen-bond acceptors (Lipinski definition) is 3. The van der Waals surface area contributed by atoms with Crippen LogP contribution < -0.4 is 0 Å². The van der Waals surface area contributed by atoms with E-state index in [1.807, 2.05) is 13.8 Å². The molecule has 0 spiro atoms. The molecule has 0 aliphatic heterocycles. The molecule has 0 saturated heterocycles. The van der Waals surface area contributed by atoms with Gasteiger partial charge in [0, 0.05) is 0 Å². The first-order chi connectivity index (χ1) is 5.20. The highest BCUT2D eigenvalue weighted by molar-refractivity contribution is 5.69. The lowest BCUT2D eigenvalue weighted by Crippen LogP contribution is -2.14. The van der Waals surface area contributed by atoms with Gasteiger partial charge in [0.15, 0.2) is 0 Å². The van der Waals surface area contributed by atoms with Crippen LogP contribution in [0.25, 0.3) is 0 Å². The van der Waals surface area contributed by atoms with Crippen LogP contribution in [-0.4, -0.2) is 23.8 Å². The van der Waals surface area contributed by atoms with Crippen molar-refractivity contribution in [1.29, 1.82) is 0 Å². The smallest absolute Gasteiger partial charge is 0.308 e. The van der Waals surface area contributed by atoms with Crippen LogP contribution in [0.3, 0.4) is 0 Å². The summed E-state index contributed by atoms with van der Waals surface area (Å²) >= 11 is 0. The molecule has 0 bridgehead atoms. The van der Waals surface area contributed by atoms with E-state index in [9.17, 15) is 4.79 Å². The maximum absolute atomic E-state index is 10.8. The van der Waals surface area contributed by atoms with Crippen molar-refractivity contribution < 1.29 is 14.6 Å². The second kappa shape index (κ2) is 6.16. The number of rotatable bonds is 5. The molecule has 0 aromatic carbocycles. The molecule has 0 aromatic heterocycles. The lowest BCUT2D eigenvalue weighted by atomic mass is 10.2. The SMILES string of the molecule is CCCOC(=O)CC(O)CC. The van der Waals surface area contributed by atoms with Crippen molar-refractivity contribution >= 4 is 5.97 Å². The molecule has 1 N–H and O–H groups in total. The van der Waals surface area contributed by atoms with E-state index in [2.05, 4.69) is 0 Å². The van der Waals surface area contributed by atoms with Gasteiger partial charge in [-0.25, -0.2) is 0 Å². The Kier molecular flexibility index (Phi) is 5.84. The molecule has 3 nitrogen and oxygen atoms in total. The quantitative estimate of drug-likeness (QED) is 0.612. The molecule has 0 aliphatic carbocycles. The molecule has 0 fully saturated rings. The topological polar surface area (TPSA) is 46.5 Å². The van der Waals surface area contributed by atoms with Crippen LogP contribution in [0.1, 0.15) is 33.1 Å². The second-order valence-electron chi connectivity index (χ2n) is 2.49. The first-order valence-electron chi connectivity index (χ1n) is 4.04. The summed E-state index contributed by atoms with van der Waals surface area (Å²) in [6.07, 6.45) is 1.01. The van der Waals surface area contributed by atoms with Crippen LogP contribution in [0, 0.1) is 0 Å². The van der Waals surface area contributed by atoms with Gasteiger partial charge < -0.3 is 9.84 Å². The number of hydrogen-bond donors (Lipinski definition) is 1. The first kappa shape index (κ1) is 10.4. The minimum absolute atomic E-state index is 0.122. The summed E-state index contributed by atoms with van der Waals surface area (Å²) in [6.45, 7) is 4.22. The molecule has 0 aromatic rings. The van der Waals surface area contributed by atoms with Crippen LogP contribution >= 0.6 is 0 Å². The summed E-state index contributed by atoms with van der Waals surface area (Å²) in [5.41, 5.74) is 0. The summed E-state index contributed by atoms with van der Waals surface area (Å²) in [6, 6.07) is 0. The van der Waals surface area contributed by atoms with Crippen molar-refractivity contribution in [3.05, 3.63) is 0 Å². The summed E-state index contributed by atoms with van der Waals surface area (Å²) in [7, 11) is 0. The van der Waals surface area contributed by atoms with Crippen molar-refractivity contribution in [2.24, 2.45) is 0 Å². The fraction of sp³-hybridized carbons (Fsp3) is 0.875. The Morgan fingerprint density at radius 2 is 2.18 bits per heavy atom. The lowest BCUT2D eigenvalue weighted by Gasteiger charge is -2.06. The van der Waals surface area contributed by atoms with E-state index in [1.54, 1.807) is 0 Å². The van der Waals surface area contributed by atoms with Gasteiger partial charge in [0.1, 0.15) is 0 Å². The highest BCUT2D eigenvalue weighted by atomic mass is 16.5. The van der Waals surface area contributed by atoms with Crippen LogP contribution in [-0.2, 0) is 9.53 Å². The minimum Gasteiger partial charge on any atom is -0.466 e. The summed E-state index contributed by atoms with van der Waals surface area (Å²) < 4.78 is 4.76. The molecule has 0 saturated carbocycles. The number of ether oxygens (including phenoxy) is 1. The van der Waals surface area contributed by atoms with E-state index in [-0.39, 0.29) is 12.4 Å². The molecule has 3 heteroatoms. The monoisotopic (exact) mass is 160 g/mol. The Bertz CT molecular complexity index is 112. The van der Waals surface area contributed by atoms with Gasteiger partial charge in [0.25, 0.3) is 0 Å². The van der Waals surface area contributed by atoms with E-state index in [1.165, 1.54) is 0 Å². The van der Waals surface area contributed by atoms with Gasteiger partial charge in [-0.3, -0.25) is 4.79 Å². The van der Waals surface area contributed by atoms with E-state index in [0.717, 1.165) is 6.42 Å². The molecular weight excluding hydrogens is 144 g/mol. The molecular formula is C8H16O3. The highest BCUT2D eigenvalue weighted by Gasteiger charge is 2.08. The third-order valence-electron chi connectivity index (χ3n) is 1.34. The number of carbonyl (C=O) groups is 1. The normalized spacial score (nSPS) is 12.6. The Hall–Kier alpha value is -0.570. The number of aliphatic hydroxyl groups is 1. The zero-order valence-electron chi connectivity index (χ0n) is 7.17. The number of carbonyl (C=O) groups excluding carboxylic acids is 1. The maximum atomic E-state index is 10.8. The average molecular weight is 160 g/mol. The van der Waals surface area contributed by atoms with E-state index in [0.29, 0.717) is 13.0 Å². The fourth-order valence-electron chi connectivity index (χ4n) is 0.612. The minimum atomic E-state index is -0.542. The van der Waals surface area contributed by atoms with Gasteiger partial charge in [-0.15, -0.1) is 0 Å². The summed E-state index contributed by atoms with van der Waals surface area (Å²) in [5.74, 6) is -0.304. The van der Waals surface area contributed by atoms with Crippen molar-refractivity contribution in [2.75, 3.05) is 6.61 Å². The van der Waals surface area contributed by atoms with Crippen molar-refractivity contribution in [2.45, 2.75) is 39.2 Å². The molecule has 11 heavy (non-hydrogen) atoms. The highest BCUT2D eigenvalue weighted by Crippen LogP contribution is 1.98. The average Bonchev–Trinajstić information content (AvgIpc) is 2.00. The van der Waals surface area contributed by atoms with Gasteiger partial charge in [0.05, 0.1) is 19.1 Å². The standard InChI is InChI=1S/C8H16O3/c1-3-5-11-8(10)6-7(9)4-2/h7,9H,3-6H2,1-2H3. The molecule has 0 heterocycles. The van der Waals surface area contributed by atoms with Crippen LogP contribution in [0.15, 0.2) is 0 Å². The third-order valence-corrected chi connectivity index (χ3v) is 1.34. The maximum Gasteiger partial charge on any atom is 0.308 e. The zero-order valence-corrected chi connectivity index (χ0v) is 7.17. The van der Waals surface area contributed by atoms with Crippen LogP contribution in [0.2, 0.25) is 0 Å². The van der Waals surface area contributed by atoms with Gasteiger partial charge in [0.2, 0.25) is 0 Å². The second-order valence-corrected chi connectivity index (χ2v) is 2.49. The molecule has 1 atom stereocenters. The van der Waals surface area contributed by atoms with Crippen molar-refractivity contribution in [3.8, 4) is 0 Å². The molecule has 0 rings (SSSR count). The van der Waals surface area contributed by atoms with Gasteiger partial charge in [-0.2, -0.15) is 0 Å².